The summed E-state index contributed by atoms with van der Waals surface area (Å²) in [6, 6.07) is 14.9. The van der Waals surface area contributed by atoms with E-state index in [4.69, 9.17) is 23.7 Å². The molecule has 14 nitrogen and oxygen atoms in total. The van der Waals surface area contributed by atoms with Crippen molar-refractivity contribution in [3.63, 3.8) is 0 Å². The van der Waals surface area contributed by atoms with Crippen molar-refractivity contribution in [3.8, 4) is 0 Å². The fourth-order valence-electron chi connectivity index (χ4n) is 9.16. The van der Waals surface area contributed by atoms with Gasteiger partial charge >= 0.3 is 24.0 Å². The number of rotatable bonds is 8. The number of halogens is 1. The average Bonchev–Trinajstić information content (AvgIpc) is 3.13. The van der Waals surface area contributed by atoms with E-state index < -0.39 is 104 Å². The number of aliphatic hydroxyl groups is 3. The lowest BCUT2D eigenvalue weighted by Crippen LogP contribution is -2.80. The van der Waals surface area contributed by atoms with Crippen LogP contribution in [0.25, 0.3) is 0 Å². The summed E-state index contributed by atoms with van der Waals surface area (Å²) >= 11 is 1.95. The number of Topliss-reactive ketones (excluding diaryl/α,β-unsaturated/α-hetero) is 1. The molecule has 57 heavy (non-hydrogen) atoms. The molecule has 0 radical (unpaired) electrons. The van der Waals surface area contributed by atoms with E-state index >= 15 is 0 Å². The Morgan fingerprint density at radius 2 is 1.61 bits per heavy atom. The highest BCUT2D eigenvalue weighted by Crippen LogP contribution is 2.63. The SMILES string of the molecule is CC(=O)O[C@@]12CO[C@@H]1CC[C@@]1(I)C(=O)[C@H](O)C3=C(C)[C@@H](OC(=O)[C@H](O)[C@@H](NC(=O)OC(C)(C)C)c4ccccc4)C[C@@](O)([C@@H](OC(=O)c4ccccc4)[C@H]21)C3(C)C. The molecule has 10 atom stereocenters. The van der Waals surface area contributed by atoms with E-state index in [1.54, 1.807) is 90.1 Å². The topological polar surface area (TPSA) is 204 Å². The maximum atomic E-state index is 14.9. The number of alkyl carbamates (subject to hydrolysis) is 1. The van der Waals surface area contributed by atoms with Crippen LogP contribution in [-0.4, -0.2) is 102 Å². The van der Waals surface area contributed by atoms with Gasteiger partial charge in [-0.1, -0.05) is 85.0 Å². The van der Waals surface area contributed by atoms with Gasteiger partial charge in [-0.15, -0.1) is 0 Å². The maximum absolute atomic E-state index is 14.9. The standard InChI is InChI=1S/C42H50INO13/c1-22-26(54-36(50)31(47)29(24-14-10-8-11-15-24)44-37(51)57-38(3,4)5)20-42(52)34(55-35(49)25-16-12-9-13-17-25)32-40(43,33(48)30(46)28(22)39(42,6)7)19-18-27-41(32,21-53-27)56-23(2)45/h8-17,26-27,29-32,34,46-47,52H,18-21H2,1-7H3,(H,44,51)/t26-,27+,29-,30+,31+,32-,34-,40-,41-,42+/m0/s1. The van der Waals surface area contributed by atoms with E-state index in [9.17, 15) is 39.3 Å². The van der Waals surface area contributed by atoms with Crippen molar-refractivity contribution in [3.05, 3.63) is 82.9 Å². The molecule has 2 bridgehead atoms. The summed E-state index contributed by atoms with van der Waals surface area (Å²) in [5.41, 5.74) is -5.45. The summed E-state index contributed by atoms with van der Waals surface area (Å²) in [5, 5.41) is 39.7. The Kier molecular flexibility index (Phi) is 11.5. The highest BCUT2D eigenvalue weighted by Gasteiger charge is 2.76. The number of esters is 3. The van der Waals surface area contributed by atoms with Gasteiger partial charge in [-0.3, -0.25) is 9.59 Å². The van der Waals surface area contributed by atoms with Gasteiger partial charge in [-0.05, 0) is 69.4 Å². The highest BCUT2D eigenvalue weighted by atomic mass is 127. The van der Waals surface area contributed by atoms with Gasteiger partial charge in [-0.2, -0.15) is 0 Å². The first-order valence-corrected chi connectivity index (χ1v) is 20.0. The molecule has 6 rings (SSSR count). The molecule has 2 aromatic rings. The van der Waals surface area contributed by atoms with Crippen LogP contribution in [0.5, 0.6) is 0 Å². The van der Waals surface area contributed by atoms with E-state index in [-0.39, 0.29) is 36.2 Å². The highest BCUT2D eigenvalue weighted by molar-refractivity contribution is 14.1. The number of nitrogens with one attached hydrogen (secondary N) is 1. The fraction of sp³-hybridized carbons (Fsp3) is 0.548. The predicted octanol–water partition coefficient (Wildman–Crippen LogP) is 4.46. The molecular weight excluding hydrogens is 853 g/mol. The van der Waals surface area contributed by atoms with E-state index in [1.807, 2.05) is 22.6 Å². The summed E-state index contributed by atoms with van der Waals surface area (Å²) in [4.78, 5) is 68.8. The third kappa shape index (κ3) is 7.49. The van der Waals surface area contributed by atoms with E-state index in [0.29, 0.717) is 5.56 Å². The second-order valence-corrected chi connectivity index (χ2v) is 18.9. The number of ketones is 1. The lowest BCUT2D eigenvalue weighted by Gasteiger charge is -2.66. The normalized spacial score (nSPS) is 32.8. The molecule has 1 heterocycles. The first-order valence-electron chi connectivity index (χ1n) is 18.9. The second-order valence-electron chi connectivity index (χ2n) is 16.9. The Morgan fingerprint density at radius 3 is 2.18 bits per heavy atom. The Hall–Kier alpha value is -3.90. The maximum Gasteiger partial charge on any atom is 0.408 e. The molecule has 3 fully saturated rings. The minimum Gasteiger partial charge on any atom is -0.456 e. The summed E-state index contributed by atoms with van der Waals surface area (Å²) in [6.07, 6.45) is -8.56. The minimum atomic E-state index is -2.23. The molecule has 1 aliphatic heterocycles. The average molecular weight is 904 g/mol. The summed E-state index contributed by atoms with van der Waals surface area (Å²) < 4.78 is 28.2. The van der Waals surface area contributed by atoms with E-state index in [2.05, 4.69) is 5.32 Å². The van der Waals surface area contributed by atoms with Crippen LogP contribution in [0.4, 0.5) is 4.79 Å². The molecule has 2 aromatic carbocycles. The Morgan fingerprint density at radius 1 is 1.00 bits per heavy atom. The third-order valence-corrected chi connectivity index (χ3v) is 13.7. The Balaban J connectivity index is 1.47. The summed E-state index contributed by atoms with van der Waals surface area (Å²) in [5.74, 6) is -4.66. The van der Waals surface area contributed by atoms with Crippen LogP contribution < -0.4 is 5.32 Å². The number of amides is 1. The van der Waals surface area contributed by atoms with Crippen LogP contribution in [0.2, 0.25) is 0 Å². The largest absolute Gasteiger partial charge is 0.456 e. The molecule has 308 valence electrons. The predicted molar refractivity (Wildman–Crippen MR) is 211 cm³/mol. The van der Waals surface area contributed by atoms with Crippen molar-refractivity contribution in [2.75, 3.05) is 6.61 Å². The number of carbonyl (C=O) groups excluding carboxylic acids is 5. The second kappa shape index (κ2) is 15.4. The summed E-state index contributed by atoms with van der Waals surface area (Å²) in [6.45, 7) is 10.8. The van der Waals surface area contributed by atoms with Gasteiger partial charge in [-0.25, -0.2) is 14.4 Å². The number of carbonyl (C=O) groups is 5. The molecule has 1 amide bonds. The zero-order valence-corrected chi connectivity index (χ0v) is 35.1. The number of hydrogen-bond donors (Lipinski definition) is 4. The van der Waals surface area contributed by atoms with Crippen molar-refractivity contribution in [1.82, 2.24) is 5.32 Å². The molecule has 0 aromatic heterocycles. The number of ether oxygens (including phenoxy) is 5. The van der Waals surface area contributed by atoms with Crippen LogP contribution in [0.15, 0.2) is 71.8 Å². The lowest BCUT2D eigenvalue weighted by atomic mass is 9.49. The van der Waals surface area contributed by atoms with Gasteiger partial charge < -0.3 is 44.3 Å². The van der Waals surface area contributed by atoms with Gasteiger partial charge in [0, 0.05) is 18.8 Å². The molecule has 4 aliphatic rings. The van der Waals surface area contributed by atoms with Crippen molar-refractivity contribution in [2.45, 2.75) is 125 Å². The molecule has 3 aliphatic carbocycles. The van der Waals surface area contributed by atoms with Crippen LogP contribution in [0.1, 0.15) is 89.7 Å². The monoisotopic (exact) mass is 903 g/mol. The van der Waals surface area contributed by atoms with Crippen LogP contribution >= 0.6 is 22.6 Å². The van der Waals surface area contributed by atoms with E-state index in [1.165, 1.54) is 19.1 Å². The van der Waals surface area contributed by atoms with Crippen LogP contribution in [0, 0.1) is 11.3 Å². The number of benzene rings is 2. The number of alkyl halides is 1. The third-order valence-electron chi connectivity index (χ3n) is 11.9. The minimum absolute atomic E-state index is 0.0452. The zero-order valence-electron chi connectivity index (χ0n) is 32.9. The van der Waals surface area contributed by atoms with Crippen molar-refractivity contribution >= 4 is 52.4 Å². The Bertz CT molecular complexity index is 1950. The molecular formula is C42H50INO13. The first kappa shape index (κ1) is 42.7. The van der Waals surface area contributed by atoms with Gasteiger partial charge in [0.05, 0.1) is 27.6 Å². The molecule has 4 N–H and O–H groups in total. The number of fused-ring (bicyclic) bond motifs is 5. The Labute approximate surface area is 344 Å². The molecule has 15 heteroatoms. The first-order chi connectivity index (χ1) is 26.6. The van der Waals surface area contributed by atoms with Gasteiger partial charge in [0.1, 0.15) is 35.6 Å². The fourth-order valence-corrected chi connectivity index (χ4v) is 10.6. The summed E-state index contributed by atoms with van der Waals surface area (Å²) in [7, 11) is 0. The molecule has 2 saturated carbocycles. The number of aliphatic hydroxyl groups excluding tert-OH is 2. The van der Waals surface area contributed by atoms with Crippen molar-refractivity contribution in [2.24, 2.45) is 11.3 Å². The molecule has 0 spiro atoms. The van der Waals surface area contributed by atoms with Gasteiger partial charge in [0.2, 0.25) is 0 Å². The zero-order chi connectivity index (χ0) is 41.9. The smallest absolute Gasteiger partial charge is 0.408 e. The van der Waals surface area contributed by atoms with Crippen molar-refractivity contribution < 1.29 is 63.0 Å². The van der Waals surface area contributed by atoms with Gasteiger partial charge in [0.25, 0.3) is 0 Å². The molecule has 0 unspecified atom stereocenters. The van der Waals surface area contributed by atoms with E-state index in [0.717, 1.165) is 0 Å². The van der Waals surface area contributed by atoms with Gasteiger partial charge in [0.15, 0.2) is 17.5 Å². The van der Waals surface area contributed by atoms with Crippen LogP contribution in [-0.2, 0) is 38.1 Å². The van der Waals surface area contributed by atoms with Crippen molar-refractivity contribution in [1.29, 1.82) is 0 Å². The number of hydrogen-bond acceptors (Lipinski definition) is 13. The quantitative estimate of drug-likeness (QED) is 0.0952. The lowest BCUT2D eigenvalue weighted by molar-refractivity contribution is -0.316. The molecule has 1 saturated heterocycles. The van der Waals surface area contributed by atoms with Crippen LogP contribution in [0.3, 0.4) is 0 Å².